The summed E-state index contributed by atoms with van der Waals surface area (Å²) in [5.41, 5.74) is 1.18. The van der Waals surface area contributed by atoms with E-state index in [1.807, 2.05) is 13.8 Å². The average molecular weight is 285 g/mol. The summed E-state index contributed by atoms with van der Waals surface area (Å²) in [6.45, 7) is 8.31. The number of hydrogen-bond donors (Lipinski definition) is 1. The number of nitrogens with one attached hydrogen (secondary N) is 1. The van der Waals surface area contributed by atoms with E-state index in [9.17, 15) is 0 Å². The van der Waals surface area contributed by atoms with Gasteiger partial charge in [0.15, 0.2) is 0 Å². The zero-order chi connectivity index (χ0) is 15.1. The quantitative estimate of drug-likeness (QED) is 0.872. The van der Waals surface area contributed by atoms with Crippen LogP contribution in [0, 0.1) is 16.7 Å². The van der Waals surface area contributed by atoms with Crippen LogP contribution in [0.15, 0.2) is 30.3 Å². The first-order valence-corrected chi connectivity index (χ1v) is 8.00. The fourth-order valence-electron chi connectivity index (χ4n) is 2.85. The zero-order valence-electron chi connectivity index (χ0n) is 13.3. The number of benzene rings is 1. The van der Waals surface area contributed by atoms with Crippen molar-refractivity contribution in [3.8, 4) is 6.07 Å². The minimum Gasteiger partial charge on any atom is -0.313 e. The first-order chi connectivity index (χ1) is 10.1. The molecule has 0 spiro atoms. The smallest absolute Gasteiger partial charge is 0.0684 e. The molecule has 0 bridgehead atoms. The highest BCUT2D eigenvalue weighted by molar-refractivity contribution is 5.14. The predicted molar refractivity (Wildman–Crippen MR) is 86.8 cm³/mol. The highest BCUT2D eigenvalue weighted by Gasteiger charge is 2.21. The Morgan fingerprint density at radius 3 is 2.81 bits per heavy atom. The summed E-state index contributed by atoms with van der Waals surface area (Å²) < 4.78 is 0. The summed E-state index contributed by atoms with van der Waals surface area (Å²) in [4.78, 5) is 2.53. The summed E-state index contributed by atoms with van der Waals surface area (Å²) in [7, 11) is 0. The van der Waals surface area contributed by atoms with Crippen molar-refractivity contribution in [3.05, 3.63) is 35.9 Å². The summed E-state index contributed by atoms with van der Waals surface area (Å²) in [6, 6.07) is 13.6. The molecule has 3 nitrogen and oxygen atoms in total. The first-order valence-electron chi connectivity index (χ1n) is 8.00. The third-order valence-electron chi connectivity index (χ3n) is 4.24. The third-order valence-corrected chi connectivity index (χ3v) is 4.24. The molecule has 114 valence electrons. The minimum absolute atomic E-state index is 0.217. The molecular formula is C18H27N3. The second-order valence-electron chi connectivity index (χ2n) is 6.76. The normalized spacial score (nSPS) is 20.1. The number of nitrogens with zero attached hydrogens (tertiary/aromatic N) is 2. The molecule has 1 unspecified atom stereocenters. The Hall–Kier alpha value is -1.37. The lowest BCUT2D eigenvalue weighted by atomic mass is 9.91. The number of hydrogen-bond acceptors (Lipinski definition) is 3. The zero-order valence-corrected chi connectivity index (χ0v) is 13.3. The maximum absolute atomic E-state index is 9.05. The summed E-state index contributed by atoms with van der Waals surface area (Å²) in [6.07, 6.45) is 3.42. The summed E-state index contributed by atoms with van der Waals surface area (Å²) >= 11 is 0. The molecular weight excluding hydrogens is 258 g/mol. The van der Waals surface area contributed by atoms with E-state index in [1.54, 1.807) is 0 Å². The van der Waals surface area contributed by atoms with E-state index in [0.717, 1.165) is 26.1 Å². The Morgan fingerprint density at radius 2 is 2.10 bits per heavy atom. The second-order valence-corrected chi connectivity index (χ2v) is 6.76. The van der Waals surface area contributed by atoms with Gasteiger partial charge < -0.3 is 5.32 Å². The monoisotopic (exact) mass is 285 g/mol. The van der Waals surface area contributed by atoms with Crippen LogP contribution in [0.25, 0.3) is 0 Å². The van der Waals surface area contributed by atoms with Gasteiger partial charge in [-0.1, -0.05) is 30.3 Å². The van der Waals surface area contributed by atoms with E-state index in [2.05, 4.69) is 46.6 Å². The molecule has 1 atom stereocenters. The van der Waals surface area contributed by atoms with Crippen LogP contribution in [0.1, 0.15) is 38.7 Å². The molecule has 0 amide bonds. The molecule has 3 heteroatoms. The Kier molecular flexibility index (Phi) is 5.78. The Bertz CT molecular complexity index is 461. The van der Waals surface area contributed by atoms with Crippen molar-refractivity contribution in [2.75, 3.05) is 19.6 Å². The van der Waals surface area contributed by atoms with Crippen LogP contribution >= 0.6 is 0 Å². The molecule has 1 aromatic rings. The summed E-state index contributed by atoms with van der Waals surface area (Å²) in [5, 5.41) is 12.7. The largest absolute Gasteiger partial charge is 0.313 e. The van der Waals surface area contributed by atoms with Gasteiger partial charge in [-0.3, -0.25) is 4.90 Å². The highest BCUT2D eigenvalue weighted by atomic mass is 15.2. The first kappa shape index (κ1) is 16.0. The molecule has 1 aromatic carbocycles. The standard InChI is InChI=1S/C18H27N3/c1-18(2,15-19)10-11-20-17-9-6-12-21(14-17)13-16-7-4-3-5-8-16/h3-5,7-8,17,20H,6,9-14H2,1-2H3. The lowest BCUT2D eigenvalue weighted by molar-refractivity contribution is 0.181. The molecule has 0 aromatic heterocycles. The minimum atomic E-state index is -0.217. The van der Waals surface area contributed by atoms with Crippen LogP contribution in [0.2, 0.25) is 0 Å². The van der Waals surface area contributed by atoms with Crippen molar-refractivity contribution in [2.45, 2.75) is 45.7 Å². The number of piperidine rings is 1. The third kappa shape index (κ3) is 5.49. The molecule has 0 radical (unpaired) electrons. The molecule has 1 heterocycles. The van der Waals surface area contributed by atoms with Crippen molar-refractivity contribution in [3.63, 3.8) is 0 Å². The van der Waals surface area contributed by atoms with Gasteiger partial charge in [0.25, 0.3) is 0 Å². The Balaban J connectivity index is 1.75. The van der Waals surface area contributed by atoms with Crippen LogP contribution < -0.4 is 5.32 Å². The van der Waals surface area contributed by atoms with Crippen molar-refractivity contribution >= 4 is 0 Å². The molecule has 1 fully saturated rings. The molecule has 1 N–H and O–H groups in total. The van der Waals surface area contributed by atoms with Crippen LogP contribution in [0.3, 0.4) is 0 Å². The maximum atomic E-state index is 9.05. The SMILES string of the molecule is CC(C)(C#N)CCNC1CCCN(Cc2ccccc2)C1. The lowest BCUT2D eigenvalue weighted by Gasteiger charge is -2.33. The van der Waals surface area contributed by atoms with Crippen molar-refractivity contribution in [1.29, 1.82) is 5.26 Å². The highest BCUT2D eigenvalue weighted by Crippen LogP contribution is 2.18. The molecule has 2 rings (SSSR count). The molecule has 1 aliphatic heterocycles. The second kappa shape index (κ2) is 7.59. The molecule has 1 aliphatic rings. The van der Waals surface area contributed by atoms with Crippen LogP contribution in [0.5, 0.6) is 0 Å². The van der Waals surface area contributed by atoms with Gasteiger partial charge in [0.1, 0.15) is 0 Å². The van der Waals surface area contributed by atoms with Gasteiger partial charge in [-0.05, 0) is 51.8 Å². The van der Waals surface area contributed by atoms with Crippen LogP contribution in [-0.4, -0.2) is 30.6 Å². The molecule has 21 heavy (non-hydrogen) atoms. The van der Waals surface area contributed by atoms with Crippen LogP contribution in [-0.2, 0) is 6.54 Å². The molecule has 0 aliphatic carbocycles. The van der Waals surface area contributed by atoms with E-state index in [4.69, 9.17) is 5.26 Å². The number of nitriles is 1. The van der Waals surface area contributed by atoms with E-state index >= 15 is 0 Å². The molecule has 1 saturated heterocycles. The Morgan fingerprint density at radius 1 is 1.33 bits per heavy atom. The number of rotatable bonds is 6. The Labute approximate surface area is 129 Å². The van der Waals surface area contributed by atoms with Crippen molar-refractivity contribution < 1.29 is 0 Å². The van der Waals surface area contributed by atoms with Gasteiger partial charge in [0.05, 0.1) is 11.5 Å². The van der Waals surface area contributed by atoms with Gasteiger partial charge in [-0.2, -0.15) is 5.26 Å². The predicted octanol–water partition coefficient (Wildman–Crippen LogP) is 3.18. The van der Waals surface area contributed by atoms with E-state index in [1.165, 1.54) is 24.9 Å². The van der Waals surface area contributed by atoms with Crippen molar-refractivity contribution in [2.24, 2.45) is 5.41 Å². The molecule has 0 saturated carbocycles. The van der Waals surface area contributed by atoms with Gasteiger partial charge in [0, 0.05) is 19.1 Å². The van der Waals surface area contributed by atoms with Gasteiger partial charge in [-0.25, -0.2) is 0 Å². The topological polar surface area (TPSA) is 39.1 Å². The van der Waals surface area contributed by atoms with E-state index in [-0.39, 0.29) is 5.41 Å². The van der Waals surface area contributed by atoms with Gasteiger partial charge in [0.2, 0.25) is 0 Å². The average Bonchev–Trinajstić information content (AvgIpc) is 2.48. The maximum Gasteiger partial charge on any atom is 0.0684 e. The van der Waals surface area contributed by atoms with Crippen molar-refractivity contribution in [1.82, 2.24) is 10.2 Å². The number of likely N-dealkylation sites (tertiary alicyclic amines) is 1. The van der Waals surface area contributed by atoms with Gasteiger partial charge >= 0.3 is 0 Å². The summed E-state index contributed by atoms with van der Waals surface area (Å²) in [5.74, 6) is 0. The van der Waals surface area contributed by atoms with Crippen LogP contribution in [0.4, 0.5) is 0 Å². The van der Waals surface area contributed by atoms with E-state index < -0.39 is 0 Å². The fraction of sp³-hybridized carbons (Fsp3) is 0.611. The van der Waals surface area contributed by atoms with E-state index in [0.29, 0.717) is 6.04 Å². The lowest BCUT2D eigenvalue weighted by Crippen LogP contribution is -2.45. The van der Waals surface area contributed by atoms with Gasteiger partial charge in [-0.15, -0.1) is 0 Å². The fourth-order valence-corrected chi connectivity index (χ4v) is 2.85.